The minimum Gasteiger partial charge on any atom is -0.370 e. The quantitative estimate of drug-likeness (QED) is 0.654. The van der Waals surface area contributed by atoms with Gasteiger partial charge in [0.2, 0.25) is 0 Å². The number of likely N-dealkylation sites (N-methyl/N-ethyl adjacent to an activating group) is 1. The molecule has 0 saturated carbocycles. The topological polar surface area (TPSA) is 71.5 Å². The normalized spacial score (nSPS) is 13.4. The summed E-state index contributed by atoms with van der Waals surface area (Å²) in [6.07, 6.45) is 3.88. The van der Waals surface area contributed by atoms with Crippen LogP contribution in [0, 0.1) is 13.8 Å². The maximum Gasteiger partial charge on any atom is 0.193 e. The minimum absolute atomic E-state index is 0.142. The smallest absolute Gasteiger partial charge is 0.193 e. The molecule has 1 unspecified atom stereocenters. The zero-order valence-electron chi connectivity index (χ0n) is 14.5. The summed E-state index contributed by atoms with van der Waals surface area (Å²) in [4.78, 5) is 6.61. The Hall–Kier alpha value is -2.34. The SMILES string of the molecule is Cc1cc(C)cc(NC(N)=NCC(c2cnn(C)c2)N(C)C)c1. The number of guanidine groups is 1. The molecule has 1 aromatic carbocycles. The van der Waals surface area contributed by atoms with Crippen molar-refractivity contribution in [3.05, 3.63) is 47.3 Å². The van der Waals surface area contributed by atoms with E-state index in [-0.39, 0.29) is 6.04 Å². The first-order valence-electron chi connectivity index (χ1n) is 7.65. The largest absolute Gasteiger partial charge is 0.370 e. The molecular weight excluding hydrogens is 288 g/mol. The number of hydrogen-bond acceptors (Lipinski definition) is 3. The number of aromatic nitrogens is 2. The number of benzene rings is 1. The molecule has 0 aliphatic carbocycles. The van der Waals surface area contributed by atoms with Crippen LogP contribution in [-0.4, -0.2) is 41.3 Å². The lowest BCUT2D eigenvalue weighted by Crippen LogP contribution is -2.27. The predicted octanol–water partition coefficient (Wildman–Crippen LogP) is 2.07. The van der Waals surface area contributed by atoms with Gasteiger partial charge in [-0.15, -0.1) is 0 Å². The summed E-state index contributed by atoms with van der Waals surface area (Å²) in [6, 6.07) is 6.38. The van der Waals surface area contributed by atoms with Gasteiger partial charge in [-0.05, 0) is 51.2 Å². The van der Waals surface area contributed by atoms with E-state index in [2.05, 4.69) is 52.4 Å². The fourth-order valence-corrected chi connectivity index (χ4v) is 2.60. The van der Waals surface area contributed by atoms with E-state index in [9.17, 15) is 0 Å². The Kier molecular flexibility index (Phi) is 5.39. The first-order valence-corrected chi connectivity index (χ1v) is 7.65. The molecule has 0 fully saturated rings. The van der Waals surface area contributed by atoms with Gasteiger partial charge in [-0.1, -0.05) is 6.07 Å². The van der Waals surface area contributed by atoms with Gasteiger partial charge in [0.25, 0.3) is 0 Å². The second-order valence-corrected chi connectivity index (χ2v) is 6.15. The predicted molar refractivity (Wildman–Crippen MR) is 95.7 cm³/mol. The monoisotopic (exact) mass is 314 g/mol. The van der Waals surface area contributed by atoms with Crippen LogP contribution in [-0.2, 0) is 7.05 Å². The van der Waals surface area contributed by atoms with E-state index in [1.54, 1.807) is 4.68 Å². The lowest BCUT2D eigenvalue weighted by atomic mass is 10.1. The molecule has 0 spiro atoms. The highest BCUT2D eigenvalue weighted by Gasteiger charge is 2.15. The van der Waals surface area contributed by atoms with Gasteiger partial charge in [0.1, 0.15) is 0 Å². The number of hydrogen-bond donors (Lipinski definition) is 2. The number of nitrogens with two attached hydrogens (primary N) is 1. The van der Waals surface area contributed by atoms with Crippen LogP contribution in [0.4, 0.5) is 5.69 Å². The van der Waals surface area contributed by atoms with E-state index in [0.717, 1.165) is 11.3 Å². The molecule has 1 heterocycles. The molecular formula is C17H26N6. The van der Waals surface area contributed by atoms with Crippen LogP contribution in [0.15, 0.2) is 35.6 Å². The summed E-state index contributed by atoms with van der Waals surface area (Å²) in [5, 5.41) is 7.39. The van der Waals surface area contributed by atoms with Crippen molar-refractivity contribution < 1.29 is 0 Å². The maximum absolute atomic E-state index is 6.04. The van der Waals surface area contributed by atoms with Gasteiger partial charge in [0.05, 0.1) is 18.8 Å². The molecule has 6 heteroatoms. The first kappa shape index (κ1) is 17.0. The maximum atomic E-state index is 6.04. The summed E-state index contributed by atoms with van der Waals surface area (Å²) in [6.45, 7) is 4.70. The Labute approximate surface area is 138 Å². The van der Waals surface area contributed by atoms with Gasteiger partial charge >= 0.3 is 0 Å². The van der Waals surface area contributed by atoms with E-state index in [4.69, 9.17) is 5.73 Å². The molecule has 0 aliphatic rings. The van der Waals surface area contributed by atoms with Gasteiger partial charge in [0, 0.05) is 24.5 Å². The Morgan fingerprint density at radius 1 is 1.30 bits per heavy atom. The Balaban J connectivity index is 2.07. The lowest BCUT2D eigenvalue weighted by molar-refractivity contribution is 0.306. The number of nitrogens with one attached hydrogen (secondary N) is 1. The molecule has 23 heavy (non-hydrogen) atoms. The lowest BCUT2D eigenvalue weighted by Gasteiger charge is -2.21. The van der Waals surface area contributed by atoms with Crippen molar-refractivity contribution in [2.24, 2.45) is 17.8 Å². The fourth-order valence-electron chi connectivity index (χ4n) is 2.60. The van der Waals surface area contributed by atoms with Crippen LogP contribution in [0.2, 0.25) is 0 Å². The fraction of sp³-hybridized carbons (Fsp3) is 0.412. The average Bonchev–Trinajstić information content (AvgIpc) is 2.83. The Morgan fingerprint density at radius 3 is 2.48 bits per heavy atom. The second-order valence-electron chi connectivity index (χ2n) is 6.15. The highest BCUT2D eigenvalue weighted by molar-refractivity contribution is 5.92. The van der Waals surface area contributed by atoms with Crippen molar-refractivity contribution in [1.82, 2.24) is 14.7 Å². The van der Waals surface area contributed by atoms with Crippen molar-refractivity contribution >= 4 is 11.6 Å². The van der Waals surface area contributed by atoms with E-state index < -0.39 is 0 Å². The molecule has 0 bridgehead atoms. The molecule has 124 valence electrons. The zero-order valence-corrected chi connectivity index (χ0v) is 14.5. The second kappa shape index (κ2) is 7.28. The van der Waals surface area contributed by atoms with Gasteiger partial charge in [-0.25, -0.2) is 0 Å². The minimum atomic E-state index is 0.142. The Bertz CT molecular complexity index is 666. The first-order chi connectivity index (χ1) is 10.8. The number of rotatable bonds is 5. The van der Waals surface area contributed by atoms with Crippen LogP contribution in [0.25, 0.3) is 0 Å². The number of nitrogens with zero attached hydrogens (tertiary/aromatic N) is 4. The average molecular weight is 314 g/mol. The molecule has 1 atom stereocenters. The van der Waals surface area contributed by atoms with Gasteiger partial charge < -0.3 is 16.0 Å². The van der Waals surface area contributed by atoms with Crippen molar-refractivity contribution in [3.63, 3.8) is 0 Å². The summed E-state index contributed by atoms with van der Waals surface area (Å²) < 4.78 is 1.80. The van der Waals surface area contributed by atoms with E-state index >= 15 is 0 Å². The molecule has 0 amide bonds. The van der Waals surface area contributed by atoms with E-state index in [0.29, 0.717) is 12.5 Å². The number of aliphatic imine (C=N–C) groups is 1. The molecule has 0 aliphatic heterocycles. The highest BCUT2D eigenvalue weighted by Crippen LogP contribution is 2.18. The molecule has 0 saturated heterocycles. The van der Waals surface area contributed by atoms with Crippen molar-refractivity contribution in [2.45, 2.75) is 19.9 Å². The van der Waals surface area contributed by atoms with Crippen molar-refractivity contribution in [1.29, 1.82) is 0 Å². The van der Waals surface area contributed by atoms with Crippen molar-refractivity contribution in [2.75, 3.05) is 26.0 Å². The van der Waals surface area contributed by atoms with Crippen LogP contribution in [0.5, 0.6) is 0 Å². The summed E-state index contributed by atoms with van der Waals surface area (Å²) in [5.74, 6) is 0.422. The van der Waals surface area contributed by atoms with Crippen LogP contribution >= 0.6 is 0 Å². The molecule has 6 nitrogen and oxygen atoms in total. The van der Waals surface area contributed by atoms with Crippen LogP contribution in [0.1, 0.15) is 22.7 Å². The summed E-state index contributed by atoms with van der Waals surface area (Å²) in [5.41, 5.74) is 10.5. The van der Waals surface area contributed by atoms with E-state index in [1.165, 1.54) is 11.1 Å². The highest BCUT2D eigenvalue weighted by atomic mass is 15.2. The molecule has 1 aromatic heterocycles. The molecule has 2 rings (SSSR count). The summed E-state index contributed by atoms with van der Waals surface area (Å²) >= 11 is 0. The third kappa shape index (κ3) is 4.82. The van der Waals surface area contributed by atoms with Crippen LogP contribution < -0.4 is 11.1 Å². The molecule has 2 aromatic rings. The summed E-state index contributed by atoms with van der Waals surface area (Å²) in [7, 11) is 5.97. The van der Waals surface area contributed by atoms with Crippen LogP contribution in [0.3, 0.4) is 0 Å². The molecule has 3 N–H and O–H groups in total. The van der Waals surface area contributed by atoms with Gasteiger partial charge in [-0.2, -0.15) is 5.10 Å². The number of aryl methyl sites for hydroxylation is 3. The third-order valence-corrected chi connectivity index (χ3v) is 3.66. The Morgan fingerprint density at radius 2 is 1.96 bits per heavy atom. The third-order valence-electron chi connectivity index (χ3n) is 3.66. The van der Waals surface area contributed by atoms with Crippen molar-refractivity contribution in [3.8, 4) is 0 Å². The van der Waals surface area contributed by atoms with E-state index in [1.807, 2.05) is 33.5 Å². The number of anilines is 1. The van der Waals surface area contributed by atoms with Gasteiger partial charge in [-0.3, -0.25) is 9.67 Å². The zero-order chi connectivity index (χ0) is 17.0. The molecule has 0 radical (unpaired) electrons. The van der Waals surface area contributed by atoms with Gasteiger partial charge in [0.15, 0.2) is 5.96 Å². The standard InChI is InChI=1S/C17H26N6/c1-12-6-13(2)8-15(7-12)21-17(18)19-10-16(22(3)4)14-9-20-23(5)11-14/h6-9,11,16H,10H2,1-5H3,(H3,18,19,21).